The molecular formula is C21H19N5. The molecule has 0 bridgehead atoms. The molecule has 5 nitrogen and oxygen atoms in total. The minimum absolute atomic E-state index is 0.495. The zero-order chi connectivity index (χ0) is 17.9. The van der Waals surface area contributed by atoms with Gasteiger partial charge in [0, 0.05) is 17.7 Å². The molecule has 0 fully saturated rings. The molecule has 128 valence electrons. The van der Waals surface area contributed by atoms with Gasteiger partial charge < -0.3 is 10.3 Å². The maximum absolute atomic E-state index is 9.84. The highest BCUT2D eigenvalue weighted by atomic mass is 15.0. The van der Waals surface area contributed by atoms with Gasteiger partial charge >= 0.3 is 0 Å². The van der Waals surface area contributed by atoms with Crippen LogP contribution >= 0.6 is 0 Å². The Kier molecular flexibility index (Phi) is 4.24. The van der Waals surface area contributed by atoms with Crippen LogP contribution in [0.25, 0.3) is 22.3 Å². The lowest BCUT2D eigenvalue weighted by atomic mass is 10.0. The topological polar surface area (TPSA) is 76.9 Å². The largest absolute Gasteiger partial charge is 0.338 e. The molecule has 2 heterocycles. The number of benzene rings is 2. The molecule has 4 rings (SSSR count). The highest BCUT2D eigenvalue weighted by Gasteiger charge is 2.26. The molecule has 0 aliphatic carbocycles. The van der Waals surface area contributed by atoms with Gasteiger partial charge in [0.25, 0.3) is 0 Å². The Balaban J connectivity index is 1.84. The molecule has 26 heavy (non-hydrogen) atoms. The van der Waals surface area contributed by atoms with Gasteiger partial charge in [-0.2, -0.15) is 5.26 Å². The molecule has 0 saturated carbocycles. The number of aromatic nitrogens is 2. The average molecular weight is 341 g/mol. The van der Waals surface area contributed by atoms with Gasteiger partial charge in [-0.3, -0.25) is 4.99 Å². The molecule has 5 heteroatoms. The Morgan fingerprint density at radius 3 is 2.65 bits per heavy atom. The number of aromatic amines is 1. The van der Waals surface area contributed by atoms with Crippen LogP contribution in [0, 0.1) is 11.3 Å². The SMILES string of the molecule is CCCCN=C1NC(=C(C#N)c2nc3ccccc3[nH]2)c2ccccc21. The summed E-state index contributed by atoms with van der Waals surface area (Å²) in [6.45, 7) is 2.92. The molecule has 0 unspecified atom stereocenters. The van der Waals surface area contributed by atoms with Crippen molar-refractivity contribution in [1.29, 1.82) is 5.26 Å². The Morgan fingerprint density at radius 1 is 1.12 bits per heavy atom. The van der Waals surface area contributed by atoms with Gasteiger partial charge in [-0.15, -0.1) is 0 Å². The molecule has 1 aromatic heterocycles. The highest BCUT2D eigenvalue weighted by Crippen LogP contribution is 2.31. The molecule has 2 N–H and O–H groups in total. The minimum Gasteiger partial charge on any atom is -0.338 e. The van der Waals surface area contributed by atoms with Crippen LogP contribution in [0.2, 0.25) is 0 Å². The molecule has 0 radical (unpaired) electrons. The number of hydrogen-bond acceptors (Lipinski definition) is 3. The number of nitrogens with one attached hydrogen (secondary N) is 2. The molecule has 0 saturated heterocycles. The van der Waals surface area contributed by atoms with Crippen LogP contribution in [0.5, 0.6) is 0 Å². The summed E-state index contributed by atoms with van der Waals surface area (Å²) in [5.74, 6) is 1.40. The van der Waals surface area contributed by atoms with E-state index in [1.807, 2.05) is 48.5 Å². The molecule has 1 aliphatic heterocycles. The average Bonchev–Trinajstić information content (AvgIpc) is 3.25. The van der Waals surface area contributed by atoms with Crippen molar-refractivity contribution in [2.24, 2.45) is 4.99 Å². The van der Waals surface area contributed by atoms with Crippen molar-refractivity contribution < 1.29 is 0 Å². The second kappa shape index (κ2) is 6.85. The van der Waals surface area contributed by atoms with Crippen LogP contribution in [0.1, 0.15) is 36.7 Å². The number of para-hydroxylation sites is 2. The van der Waals surface area contributed by atoms with E-state index in [0.29, 0.717) is 11.4 Å². The quantitative estimate of drug-likeness (QED) is 0.554. The zero-order valence-corrected chi connectivity index (χ0v) is 14.6. The number of hydrogen-bond donors (Lipinski definition) is 2. The summed E-state index contributed by atoms with van der Waals surface area (Å²) in [6.07, 6.45) is 2.14. The summed E-state index contributed by atoms with van der Waals surface area (Å²) < 4.78 is 0. The lowest BCUT2D eigenvalue weighted by Crippen LogP contribution is -2.16. The number of H-pyrrole nitrogens is 1. The zero-order valence-electron chi connectivity index (χ0n) is 14.6. The van der Waals surface area contributed by atoms with E-state index in [-0.39, 0.29) is 0 Å². The normalized spacial score (nSPS) is 16.4. The number of unbranched alkanes of at least 4 members (excludes halogenated alkanes) is 1. The van der Waals surface area contributed by atoms with E-state index >= 15 is 0 Å². The maximum Gasteiger partial charge on any atom is 0.151 e. The Bertz CT molecular complexity index is 1030. The van der Waals surface area contributed by atoms with Crippen molar-refractivity contribution in [2.45, 2.75) is 19.8 Å². The number of nitrogens with zero attached hydrogens (tertiary/aromatic N) is 3. The van der Waals surface area contributed by atoms with Gasteiger partial charge in [0.15, 0.2) is 5.82 Å². The summed E-state index contributed by atoms with van der Waals surface area (Å²) >= 11 is 0. The smallest absolute Gasteiger partial charge is 0.151 e. The molecule has 0 amide bonds. The Hall–Kier alpha value is -3.39. The van der Waals surface area contributed by atoms with E-state index in [4.69, 9.17) is 0 Å². The number of allylic oxidation sites excluding steroid dienone is 1. The summed E-state index contributed by atoms with van der Waals surface area (Å²) in [4.78, 5) is 12.5. The van der Waals surface area contributed by atoms with Crippen molar-refractivity contribution >= 4 is 28.1 Å². The highest BCUT2D eigenvalue weighted by molar-refractivity contribution is 6.17. The molecular weight excluding hydrogens is 322 g/mol. The molecule has 0 atom stereocenters. The van der Waals surface area contributed by atoms with Gasteiger partial charge in [-0.25, -0.2) is 4.98 Å². The first-order valence-electron chi connectivity index (χ1n) is 8.82. The summed E-state index contributed by atoms with van der Waals surface area (Å²) in [5, 5.41) is 13.2. The number of imidazole rings is 1. The minimum atomic E-state index is 0.495. The van der Waals surface area contributed by atoms with Crippen molar-refractivity contribution in [3.8, 4) is 6.07 Å². The van der Waals surface area contributed by atoms with E-state index in [1.54, 1.807) is 0 Å². The van der Waals surface area contributed by atoms with Crippen LogP contribution in [0.4, 0.5) is 0 Å². The van der Waals surface area contributed by atoms with Crippen LogP contribution < -0.4 is 5.32 Å². The second-order valence-corrected chi connectivity index (χ2v) is 6.22. The fraction of sp³-hybridized carbons (Fsp3) is 0.190. The standard InChI is InChI=1S/C21H19N5/c1-2-3-12-23-20-15-9-5-4-8-14(15)19(26-20)16(13-22)21-24-17-10-6-7-11-18(17)25-21/h4-11H,2-3,12H2,1H3,(H,23,26)(H,24,25). The third kappa shape index (κ3) is 2.76. The van der Waals surface area contributed by atoms with Gasteiger partial charge in [0.1, 0.15) is 17.5 Å². The number of nitriles is 1. The fourth-order valence-electron chi connectivity index (χ4n) is 3.13. The summed E-state index contributed by atoms with van der Waals surface area (Å²) in [7, 11) is 0. The number of fused-ring (bicyclic) bond motifs is 2. The predicted molar refractivity (Wildman–Crippen MR) is 104 cm³/mol. The van der Waals surface area contributed by atoms with Crippen molar-refractivity contribution in [2.75, 3.05) is 6.54 Å². The van der Waals surface area contributed by atoms with Crippen LogP contribution in [-0.4, -0.2) is 22.3 Å². The fourth-order valence-corrected chi connectivity index (χ4v) is 3.13. The lowest BCUT2D eigenvalue weighted by Gasteiger charge is -2.03. The molecule has 0 spiro atoms. The second-order valence-electron chi connectivity index (χ2n) is 6.22. The molecule has 2 aromatic carbocycles. The Labute approximate surface area is 152 Å². The van der Waals surface area contributed by atoms with Crippen LogP contribution in [0.15, 0.2) is 53.5 Å². The van der Waals surface area contributed by atoms with Gasteiger partial charge in [-0.05, 0) is 18.6 Å². The number of aliphatic imine (C=N–C) groups is 1. The lowest BCUT2D eigenvalue weighted by molar-refractivity contribution is 0.806. The third-order valence-electron chi connectivity index (χ3n) is 4.46. The maximum atomic E-state index is 9.84. The first-order valence-corrected chi connectivity index (χ1v) is 8.82. The van der Waals surface area contributed by atoms with Gasteiger partial charge in [0.05, 0.1) is 16.7 Å². The van der Waals surface area contributed by atoms with E-state index in [0.717, 1.165) is 53.1 Å². The summed E-state index contributed by atoms with van der Waals surface area (Å²) in [6, 6.07) is 18.1. The number of amidine groups is 1. The van der Waals surface area contributed by atoms with Gasteiger partial charge in [0.2, 0.25) is 0 Å². The van der Waals surface area contributed by atoms with E-state index in [1.165, 1.54) is 0 Å². The van der Waals surface area contributed by atoms with E-state index < -0.39 is 0 Å². The monoisotopic (exact) mass is 341 g/mol. The third-order valence-corrected chi connectivity index (χ3v) is 4.46. The van der Waals surface area contributed by atoms with E-state index in [2.05, 4.69) is 33.3 Å². The Morgan fingerprint density at radius 2 is 1.88 bits per heavy atom. The molecule has 1 aliphatic rings. The predicted octanol–water partition coefficient (Wildman–Crippen LogP) is 4.10. The molecule has 3 aromatic rings. The first kappa shape index (κ1) is 16.1. The number of rotatable bonds is 4. The van der Waals surface area contributed by atoms with Crippen LogP contribution in [-0.2, 0) is 0 Å². The van der Waals surface area contributed by atoms with Crippen molar-refractivity contribution in [1.82, 2.24) is 15.3 Å². The van der Waals surface area contributed by atoms with E-state index in [9.17, 15) is 5.26 Å². The van der Waals surface area contributed by atoms with Crippen molar-refractivity contribution in [3.05, 3.63) is 65.5 Å². The summed E-state index contributed by atoms with van der Waals surface area (Å²) in [5.41, 5.74) is 5.03. The van der Waals surface area contributed by atoms with Crippen molar-refractivity contribution in [3.63, 3.8) is 0 Å². The first-order chi connectivity index (χ1) is 12.8. The van der Waals surface area contributed by atoms with Crippen LogP contribution in [0.3, 0.4) is 0 Å². The van der Waals surface area contributed by atoms with Gasteiger partial charge in [-0.1, -0.05) is 49.7 Å².